The molecule has 0 atom stereocenters. The Labute approximate surface area is 143 Å². The van der Waals surface area contributed by atoms with E-state index in [0.717, 1.165) is 16.2 Å². The van der Waals surface area contributed by atoms with Crippen molar-refractivity contribution in [3.05, 3.63) is 88.6 Å². The number of rotatable bonds is 5. The van der Waals surface area contributed by atoms with E-state index in [2.05, 4.69) is 15.3 Å². The number of hydrogen-bond acceptors (Lipinski definition) is 4. The topological polar surface area (TPSA) is 74.8 Å². The van der Waals surface area contributed by atoms with Crippen LogP contribution in [0.2, 0.25) is 0 Å². The van der Waals surface area contributed by atoms with Crippen molar-refractivity contribution in [1.82, 2.24) is 9.97 Å². The van der Waals surface area contributed by atoms with Gasteiger partial charge >= 0.3 is 0 Å². The molecular formula is C18H15N3O2S. The summed E-state index contributed by atoms with van der Waals surface area (Å²) in [6.45, 7) is 0. The molecule has 24 heavy (non-hydrogen) atoms. The lowest BCUT2D eigenvalue weighted by Gasteiger charge is -2.06. The van der Waals surface area contributed by atoms with Gasteiger partial charge in [0.05, 0.1) is 5.56 Å². The molecule has 6 heteroatoms. The van der Waals surface area contributed by atoms with Crippen molar-refractivity contribution in [1.29, 1.82) is 0 Å². The molecule has 2 N–H and O–H groups in total. The Hall–Kier alpha value is -2.86. The normalized spacial score (nSPS) is 10.3. The third kappa shape index (κ3) is 4.33. The molecule has 0 saturated carbocycles. The van der Waals surface area contributed by atoms with Gasteiger partial charge in [0.1, 0.15) is 0 Å². The van der Waals surface area contributed by atoms with Gasteiger partial charge in [-0.3, -0.25) is 14.6 Å². The summed E-state index contributed by atoms with van der Waals surface area (Å²) in [5.74, 6) is 0.582. The molecule has 0 bridgehead atoms. The summed E-state index contributed by atoms with van der Waals surface area (Å²) in [6, 6.07) is 14.4. The van der Waals surface area contributed by atoms with Crippen LogP contribution in [0.1, 0.15) is 15.9 Å². The van der Waals surface area contributed by atoms with E-state index in [0.29, 0.717) is 11.3 Å². The summed E-state index contributed by atoms with van der Waals surface area (Å²) in [7, 11) is 0. The predicted octanol–water partition coefficient (Wildman–Crippen LogP) is 3.31. The first-order chi connectivity index (χ1) is 11.7. The number of benzene rings is 1. The zero-order valence-corrected chi connectivity index (χ0v) is 13.5. The van der Waals surface area contributed by atoms with Gasteiger partial charge in [0, 0.05) is 41.0 Å². The number of nitrogens with zero attached hydrogens (tertiary/aromatic N) is 1. The van der Waals surface area contributed by atoms with Crippen molar-refractivity contribution >= 4 is 23.4 Å². The van der Waals surface area contributed by atoms with Gasteiger partial charge < -0.3 is 10.3 Å². The molecule has 0 fully saturated rings. The molecule has 2 heterocycles. The Balaban J connectivity index is 1.59. The van der Waals surface area contributed by atoms with Crippen molar-refractivity contribution in [3.8, 4) is 0 Å². The maximum atomic E-state index is 12.1. The van der Waals surface area contributed by atoms with Crippen LogP contribution in [0.5, 0.6) is 0 Å². The lowest BCUT2D eigenvalue weighted by atomic mass is 10.2. The number of aromatic amines is 1. The van der Waals surface area contributed by atoms with E-state index in [9.17, 15) is 9.59 Å². The van der Waals surface area contributed by atoms with Gasteiger partial charge in [0.2, 0.25) is 5.56 Å². The first kappa shape index (κ1) is 16.0. The highest BCUT2D eigenvalue weighted by molar-refractivity contribution is 7.98. The molecule has 120 valence electrons. The number of anilines is 1. The second-order valence-electron chi connectivity index (χ2n) is 5.07. The average molecular weight is 337 g/mol. The van der Waals surface area contributed by atoms with Crippen LogP contribution in [0, 0.1) is 0 Å². The molecule has 0 aliphatic rings. The Kier molecular flexibility index (Phi) is 5.08. The van der Waals surface area contributed by atoms with Gasteiger partial charge in [-0.15, -0.1) is 11.8 Å². The van der Waals surface area contributed by atoms with Crippen LogP contribution in [-0.4, -0.2) is 15.9 Å². The maximum absolute atomic E-state index is 12.1. The van der Waals surface area contributed by atoms with E-state index in [1.165, 1.54) is 18.3 Å². The SMILES string of the molecule is O=C(Nc1ccc(SCc2cccnc2)cc1)c1ccc(=O)[nH]c1. The lowest BCUT2D eigenvalue weighted by Crippen LogP contribution is -2.14. The third-order valence-corrected chi connectivity index (χ3v) is 4.37. The molecule has 0 spiro atoms. The fourth-order valence-corrected chi connectivity index (χ4v) is 2.87. The number of H-pyrrole nitrogens is 1. The van der Waals surface area contributed by atoms with Crippen molar-refractivity contribution < 1.29 is 4.79 Å². The van der Waals surface area contributed by atoms with E-state index >= 15 is 0 Å². The molecule has 0 aliphatic heterocycles. The number of aromatic nitrogens is 2. The molecule has 5 nitrogen and oxygen atoms in total. The van der Waals surface area contributed by atoms with Gasteiger partial charge in [-0.25, -0.2) is 0 Å². The number of nitrogens with one attached hydrogen (secondary N) is 2. The number of amides is 1. The van der Waals surface area contributed by atoms with E-state index in [-0.39, 0.29) is 11.5 Å². The fraction of sp³-hybridized carbons (Fsp3) is 0.0556. The molecule has 0 aliphatic carbocycles. The van der Waals surface area contributed by atoms with Crippen molar-refractivity contribution in [2.75, 3.05) is 5.32 Å². The number of hydrogen-bond donors (Lipinski definition) is 2. The van der Waals surface area contributed by atoms with E-state index in [4.69, 9.17) is 0 Å². The Morgan fingerprint density at radius 3 is 2.62 bits per heavy atom. The van der Waals surface area contributed by atoms with Crippen LogP contribution in [0.3, 0.4) is 0 Å². The van der Waals surface area contributed by atoms with Crippen LogP contribution in [-0.2, 0) is 5.75 Å². The molecule has 1 aromatic carbocycles. The summed E-state index contributed by atoms with van der Waals surface area (Å²) < 4.78 is 0. The standard InChI is InChI=1S/C18H15N3O2S/c22-17-8-3-14(11-20-17)18(23)21-15-4-6-16(7-5-15)24-12-13-2-1-9-19-10-13/h1-11H,12H2,(H,20,22)(H,21,23). The smallest absolute Gasteiger partial charge is 0.257 e. The third-order valence-electron chi connectivity index (χ3n) is 3.29. The number of thioether (sulfide) groups is 1. The molecular weight excluding hydrogens is 322 g/mol. The van der Waals surface area contributed by atoms with E-state index in [1.807, 2.05) is 42.6 Å². The second-order valence-corrected chi connectivity index (χ2v) is 6.12. The van der Waals surface area contributed by atoms with Crippen LogP contribution in [0.15, 0.2) is 76.8 Å². The molecule has 0 saturated heterocycles. The van der Waals surface area contributed by atoms with E-state index in [1.54, 1.807) is 18.0 Å². The van der Waals surface area contributed by atoms with Gasteiger partial charge in [-0.1, -0.05) is 6.07 Å². The quantitative estimate of drug-likeness (QED) is 0.701. The summed E-state index contributed by atoms with van der Waals surface area (Å²) >= 11 is 1.71. The molecule has 1 amide bonds. The van der Waals surface area contributed by atoms with Gasteiger partial charge in [0.15, 0.2) is 0 Å². The molecule has 3 rings (SSSR count). The Morgan fingerprint density at radius 1 is 1.12 bits per heavy atom. The monoisotopic (exact) mass is 337 g/mol. The molecule has 0 unspecified atom stereocenters. The highest BCUT2D eigenvalue weighted by Crippen LogP contribution is 2.24. The van der Waals surface area contributed by atoms with Crippen molar-refractivity contribution in [3.63, 3.8) is 0 Å². The minimum Gasteiger partial charge on any atom is -0.328 e. The minimum atomic E-state index is -0.262. The zero-order chi connectivity index (χ0) is 16.8. The van der Waals surface area contributed by atoms with Crippen LogP contribution < -0.4 is 10.9 Å². The minimum absolute atomic E-state index is 0.235. The van der Waals surface area contributed by atoms with Crippen LogP contribution in [0.4, 0.5) is 5.69 Å². The van der Waals surface area contributed by atoms with Crippen molar-refractivity contribution in [2.24, 2.45) is 0 Å². The van der Waals surface area contributed by atoms with Crippen LogP contribution >= 0.6 is 11.8 Å². The van der Waals surface area contributed by atoms with Gasteiger partial charge in [-0.2, -0.15) is 0 Å². The lowest BCUT2D eigenvalue weighted by molar-refractivity contribution is 0.102. The number of carbonyl (C=O) groups excluding carboxylic acids is 1. The van der Waals surface area contributed by atoms with E-state index < -0.39 is 0 Å². The summed E-state index contributed by atoms with van der Waals surface area (Å²) in [6.07, 6.45) is 5.01. The van der Waals surface area contributed by atoms with Crippen LogP contribution in [0.25, 0.3) is 0 Å². The highest BCUT2D eigenvalue weighted by Gasteiger charge is 2.06. The number of carbonyl (C=O) groups is 1. The van der Waals surface area contributed by atoms with Gasteiger partial charge in [-0.05, 0) is 42.0 Å². The summed E-state index contributed by atoms with van der Waals surface area (Å²) in [5, 5.41) is 2.80. The average Bonchev–Trinajstić information content (AvgIpc) is 2.62. The van der Waals surface area contributed by atoms with Crippen molar-refractivity contribution in [2.45, 2.75) is 10.6 Å². The van der Waals surface area contributed by atoms with Gasteiger partial charge in [0.25, 0.3) is 5.91 Å². The number of pyridine rings is 2. The second kappa shape index (κ2) is 7.61. The highest BCUT2D eigenvalue weighted by atomic mass is 32.2. The first-order valence-corrected chi connectivity index (χ1v) is 8.31. The predicted molar refractivity (Wildman–Crippen MR) is 95.3 cm³/mol. The Morgan fingerprint density at radius 2 is 1.96 bits per heavy atom. The Bertz CT molecular complexity index is 856. The first-order valence-electron chi connectivity index (χ1n) is 7.32. The zero-order valence-electron chi connectivity index (χ0n) is 12.7. The largest absolute Gasteiger partial charge is 0.328 e. The fourth-order valence-electron chi connectivity index (χ4n) is 2.04. The maximum Gasteiger partial charge on any atom is 0.257 e. The molecule has 3 aromatic rings. The summed E-state index contributed by atoms with van der Waals surface area (Å²) in [5.41, 5.74) is 2.04. The summed E-state index contributed by atoms with van der Waals surface area (Å²) in [4.78, 5) is 30.8. The molecule has 2 aromatic heterocycles. The molecule has 0 radical (unpaired) electrons.